The van der Waals surface area contributed by atoms with E-state index in [1.807, 2.05) is 0 Å². The van der Waals surface area contributed by atoms with E-state index in [0.717, 1.165) is 28.8 Å². The van der Waals surface area contributed by atoms with Gasteiger partial charge in [-0.15, -0.1) is 0 Å². The molecule has 0 aliphatic heterocycles. The van der Waals surface area contributed by atoms with Crippen LogP contribution in [0.4, 0.5) is 24.5 Å². The van der Waals surface area contributed by atoms with E-state index in [4.69, 9.17) is 0 Å². The van der Waals surface area contributed by atoms with Crippen molar-refractivity contribution in [3.05, 3.63) is 59.7 Å². The third kappa shape index (κ3) is 6.58. The second-order valence-electron chi connectivity index (χ2n) is 6.67. The number of rotatable bonds is 8. The highest BCUT2D eigenvalue weighted by Crippen LogP contribution is 2.32. The molecule has 0 aliphatic carbocycles. The largest absolute Gasteiger partial charge is 0.416 e. The maximum Gasteiger partial charge on any atom is 0.416 e. The smallest absolute Gasteiger partial charge is 0.326 e. The molecule has 30 heavy (non-hydrogen) atoms. The standard InChI is InChI=1S/C20H21F3N2O4S/c1-14(26)15-6-3-8-17(12-15)24-19(27)10-5-11-25(30(2,28)29)18-9-4-7-16(13-18)20(21,22)23/h3-4,6-9,12-13H,5,10-11H2,1-2H3,(H,24,27). The molecule has 162 valence electrons. The number of alkyl halides is 3. The van der Waals surface area contributed by atoms with Crippen LogP contribution in [-0.2, 0) is 21.0 Å². The lowest BCUT2D eigenvalue weighted by atomic mass is 10.1. The summed E-state index contributed by atoms with van der Waals surface area (Å²) in [6.45, 7) is 1.23. The number of benzene rings is 2. The number of nitrogens with one attached hydrogen (secondary N) is 1. The number of carbonyl (C=O) groups excluding carboxylic acids is 2. The zero-order valence-corrected chi connectivity index (χ0v) is 17.2. The van der Waals surface area contributed by atoms with Gasteiger partial charge in [-0.25, -0.2) is 8.42 Å². The molecule has 2 aromatic rings. The van der Waals surface area contributed by atoms with Crippen LogP contribution in [0.5, 0.6) is 0 Å². The summed E-state index contributed by atoms with van der Waals surface area (Å²) in [6, 6.07) is 10.4. The number of nitrogens with zero attached hydrogens (tertiary/aromatic N) is 1. The Morgan fingerprint density at radius 3 is 2.33 bits per heavy atom. The quantitative estimate of drug-likeness (QED) is 0.624. The average molecular weight is 442 g/mol. The average Bonchev–Trinajstić information content (AvgIpc) is 2.64. The van der Waals surface area contributed by atoms with Gasteiger partial charge >= 0.3 is 6.18 Å². The van der Waals surface area contributed by atoms with Crippen LogP contribution in [-0.4, -0.2) is 32.9 Å². The van der Waals surface area contributed by atoms with Gasteiger partial charge < -0.3 is 5.32 Å². The van der Waals surface area contributed by atoms with Crippen molar-refractivity contribution >= 4 is 33.1 Å². The van der Waals surface area contributed by atoms with Crippen LogP contribution >= 0.6 is 0 Å². The maximum atomic E-state index is 12.9. The van der Waals surface area contributed by atoms with Crippen LogP contribution in [0.1, 0.15) is 35.7 Å². The second kappa shape index (κ2) is 9.29. The van der Waals surface area contributed by atoms with Crippen molar-refractivity contribution in [2.24, 2.45) is 0 Å². The lowest BCUT2D eigenvalue weighted by Crippen LogP contribution is -2.31. The summed E-state index contributed by atoms with van der Waals surface area (Å²) < 4.78 is 63.8. The summed E-state index contributed by atoms with van der Waals surface area (Å²) in [6.07, 6.45) is -3.69. The van der Waals surface area contributed by atoms with Gasteiger partial charge in [0.05, 0.1) is 17.5 Å². The molecule has 0 unspecified atom stereocenters. The Morgan fingerprint density at radius 2 is 1.73 bits per heavy atom. The lowest BCUT2D eigenvalue weighted by Gasteiger charge is -2.23. The molecule has 0 saturated heterocycles. The van der Waals surface area contributed by atoms with Crippen LogP contribution in [0.3, 0.4) is 0 Å². The van der Waals surface area contributed by atoms with E-state index in [0.29, 0.717) is 11.3 Å². The first-order chi connectivity index (χ1) is 13.9. The first-order valence-electron chi connectivity index (χ1n) is 8.94. The summed E-state index contributed by atoms with van der Waals surface area (Å²) in [5, 5.41) is 2.61. The minimum absolute atomic E-state index is 0.0602. The predicted octanol–water partition coefficient (Wildman–Crippen LogP) is 4.09. The lowest BCUT2D eigenvalue weighted by molar-refractivity contribution is -0.137. The van der Waals surface area contributed by atoms with Gasteiger partial charge in [-0.05, 0) is 43.7 Å². The Labute approximate surface area is 172 Å². The van der Waals surface area contributed by atoms with Gasteiger partial charge in [0, 0.05) is 24.2 Å². The molecule has 0 aromatic heterocycles. The number of hydrogen-bond donors (Lipinski definition) is 1. The molecule has 1 N–H and O–H groups in total. The van der Waals surface area contributed by atoms with Gasteiger partial charge in [0.15, 0.2) is 5.78 Å². The summed E-state index contributed by atoms with van der Waals surface area (Å²) in [4.78, 5) is 23.5. The normalized spacial score (nSPS) is 11.8. The molecule has 0 bridgehead atoms. The Kier molecular flexibility index (Phi) is 7.25. The summed E-state index contributed by atoms with van der Waals surface area (Å²) in [5.74, 6) is -0.566. The molecule has 2 aromatic carbocycles. The van der Waals surface area contributed by atoms with Crippen LogP contribution < -0.4 is 9.62 Å². The van der Waals surface area contributed by atoms with Gasteiger partial charge in [-0.1, -0.05) is 18.2 Å². The fourth-order valence-corrected chi connectivity index (χ4v) is 3.70. The first-order valence-corrected chi connectivity index (χ1v) is 10.8. The number of Topliss-reactive ketones (excluding diaryl/α,β-unsaturated/α-hetero) is 1. The molecule has 0 radical (unpaired) electrons. The van der Waals surface area contributed by atoms with Gasteiger partial charge in [-0.3, -0.25) is 13.9 Å². The zero-order valence-electron chi connectivity index (χ0n) is 16.4. The minimum Gasteiger partial charge on any atom is -0.326 e. The second-order valence-corrected chi connectivity index (χ2v) is 8.58. The number of halogens is 3. The fraction of sp³-hybridized carbons (Fsp3) is 0.300. The highest BCUT2D eigenvalue weighted by atomic mass is 32.2. The Balaban J connectivity index is 2.05. The molecule has 0 atom stereocenters. The fourth-order valence-electron chi connectivity index (χ4n) is 2.75. The van der Waals surface area contributed by atoms with Crippen LogP contribution in [0, 0.1) is 0 Å². The van der Waals surface area contributed by atoms with Crippen molar-refractivity contribution in [1.29, 1.82) is 0 Å². The van der Waals surface area contributed by atoms with Gasteiger partial charge in [0.25, 0.3) is 0 Å². The molecule has 2 rings (SSSR count). The van der Waals surface area contributed by atoms with Crippen LogP contribution in [0.15, 0.2) is 48.5 Å². The third-order valence-electron chi connectivity index (χ3n) is 4.18. The van der Waals surface area contributed by atoms with Gasteiger partial charge in [0.2, 0.25) is 15.9 Å². The first kappa shape index (κ1) is 23.4. The molecule has 6 nitrogen and oxygen atoms in total. The van der Waals surface area contributed by atoms with E-state index in [2.05, 4.69) is 5.32 Å². The topological polar surface area (TPSA) is 83.6 Å². The summed E-state index contributed by atoms with van der Waals surface area (Å²) >= 11 is 0. The van der Waals surface area contributed by atoms with E-state index >= 15 is 0 Å². The van der Waals surface area contributed by atoms with E-state index in [9.17, 15) is 31.2 Å². The molecular weight excluding hydrogens is 421 g/mol. The number of sulfonamides is 1. The van der Waals surface area contributed by atoms with E-state index < -0.39 is 27.7 Å². The van der Waals surface area contributed by atoms with Crippen molar-refractivity contribution in [3.8, 4) is 0 Å². The van der Waals surface area contributed by atoms with Gasteiger partial charge in [-0.2, -0.15) is 13.2 Å². The summed E-state index contributed by atoms with van der Waals surface area (Å²) in [5.41, 5.74) is -0.232. The molecule has 10 heteroatoms. The van der Waals surface area contributed by atoms with Crippen LogP contribution in [0.2, 0.25) is 0 Å². The van der Waals surface area contributed by atoms with E-state index in [1.54, 1.807) is 18.2 Å². The Bertz CT molecular complexity index is 1040. The monoisotopic (exact) mass is 442 g/mol. The number of amides is 1. The van der Waals surface area contributed by atoms with E-state index in [1.165, 1.54) is 19.1 Å². The molecule has 0 spiro atoms. The molecule has 0 fully saturated rings. The van der Waals surface area contributed by atoms with Crippen molar-refractivity contribution in [2.75, 3.05) is 22.4 Å². The molecule has 0 aliphatic rings. The minimum atomic E-state index is -4.60. The molecule has 0 heterocycles. The maximum absolute atomic E-state index is 12.9. The van der Waals surface area contributed by atoms with Crippen molar-refractivity contribution < 1.29 is 31.2 Å². The van der Waals surface area contributed by atoms with E-state index in [-0.39, 0.29) is 30.9 Å². The summed E-state index contributed by atoms with van der Waals surface area (Å²) in [7, 11) is -3.86. The number of carbonyl (C=O) groups is 2. The molecule has 0 saturated carbocycles. The zero-order chi connectivity index (χ0) is 22.5. The SMILES string of the molecule is CC(=O)c1cccc(NC(=O)CCCN(c2cccc(C(F)(F)F)c2)S(C)(=O)=O)c1. The Morgan fingerprint density at radius 1 is 1.07 bits per heavy atom. The van der Waals surface area contributed by atoms with Crippen LogP contribution in [0.25, 0.3) is 0 Å². The highest BCUT2D eigenvalue weighted by molar-refractivity contribution is 7.92. The van der Waals surface area contributed by atoms with Crippen molar-refractivity contribution in [1.82, 2.24) is 0 Å². The number of hydrogen-bond acceptors (Lipinski definition) is 4. The van der Waals surface area contributed by atoms with Crippen molar-refractivity contribution in [2.45, 2.75) is 25.9 Å². The van der Waals surface area contributed by atoms with Crippen molar-refractivity contribution in [3.63, 3.8) is 0 Å². The Hall–Kier alpha value is -2.88. The molecule has 1 amide bonds. The third-order valence-corrected chi connectivity index (χ3v) is 5.37. The highest BCUT2D eigenvalue weighted by Gasteiger charge is 2.31. The number of ketones is 1. The number of anilines is 2. The molecular formula is C20H21F3N2O4S. The predicted molar refractivity (Wildman–Crippen MR) is 108 cm³/mol. The van der Waals surface area contributed by atoms with Gasteiger partial charge in [0.1, 0.15) is 0 Å².